The Balaban J connectivity index is 2.45. The third-order valence-electron chi connectivity index (χ3n) is 2.22. The first-order valence-corrected chi connectivity index (χ1v) is 5.15. The summed E-state index contributed by atoms with van der Waals surface area (Å²) in [5, 5.41) is 3.13. The summed E-state index contributed by atoms with van der Waals surface area (Å²) >= 11 is 5.57. The van der Waals surface area contributed by atoms with E-state index in [1.54, 1.807) is 13.1 Å². The lowest BCUT2D eigenvalue weighted by Gasteiger charge is -2.03. The lowest BCUT2D eigenvalue weighted by Crippen LogP contribution is -2.08. The van der Waals surface area contributed by atoms with Gasteiger partial charge < -0.3 is 9.73 Å². The van der Waals surface area contributed by atoms with E-state index in [1.165, 1.54) is 4.57 Å². The van der Waals surface area contributed by atoms with Crippen molar-refractivity contribution in [3.8, 4) is 0 Å². The van der Waals surface area contributed by atoms with Gasteiger partial charge in [-0.1, -0.05) is 0 Å². The van der Waals surface area contributed by atoms with E-state index in [0.717, 1.165) is 11.2 Å². The Morgan fingerprint density at radius 2 is 2.33 bits per heavy atom. The molecule has 0 spiro atoms. The molecule has 0 saturated carbocycles. The molecule has 0 aliphatic heterocycles. The fourth-order valence-corrected chi connectivity index (χ4v) is 1.52. The van der Waals surface area contributed by atoms with Gasteiger partial charge in [-0.15, -0.1) is 11.6 Å². The van der Waals surface area contributed by atoms with Crippen LogP contribution in [0, 0.1) is 0 Å². The third-order valence-corrected chi connectivity index (χ3v) is 2.40. The monoisotopic (exact) mass is 226 g/mol. The Bertz CT molecular complexity index is 530. The molecule has 1 aromatic heterocycles. The van der Waals surface area contributed by atoms with E-state index >= 15 is 0 Å². The van der Waals surface area contributed by atoms with Crippen molar-refractivity contribution in [2.45, 2.75) is 0 Å². The van der Waals surface area contributed by atoms with Crippen LogP contribution in [-0.2, 0) is 7.05 Å². The molecule has 0 atom stereocenters. The van der Waals surface area contributed by atoms with Crippen LogP contribution in [0.4, 0.5) is 5.69 Å². The fraction of sp³-hybridized carbons (Fsp3) is 0.300. The summed E-state index contributed by atoms with van der Waals surface area (Å²) in [4.78, 5) is 11.2. The number of anilines is 1. The van der Waals surface area contributed by atoms with Crippen molar-refractivity contribution in [3.63, 3.8) is 0 Å². The summed E-state index contributed by atoms with van der Waals surface area (Å²) < 4.78 is 6.49. The minimum Gasteiger partial charge on any atom is -0.408 e. The Morgan fingerprint density at radius 1 is 1.53 bits per heavy atom. The second-order valence-electron chi connectivity index (χ2n) is 3.23. The molecule has 0 bridgehead atoms. The van der Waals surface area contributed by atoms with Crippen molar-refractivity contribution in [2.75, 3.05) is 17.7 Å². The van der Waals surface area contributed by atoms with Crippen LogP contribution < -0.4 is 11.1 Å². The van der Waals surface area contributed by atoms with Gasteiger partial charge in [0.2, 0.25) is 0 Å². The predicted octanol–water partition coefficient (Wildman–Crippen LogP) is 1.78. The van der Waals surface area contributed by atoms with Gasteiger partial charge in [0.1, 0.15) is 0 Å². The van der Waals surface area contributed by atoms with Crippen molar-refractivity contribution >= 4 is 28.4 Å². The van der Waals surface area contributed by atoms with Gasteiger partial charge in [0, 0.05) is 25.2 Å². The van der Waals surface area contributed by atoms with E-state index in [2.05, 4.69) is 5.32 Å². The summed E-state index contributed by atoms with van der Waals surface area (Å²) in [5.74, 6) is 0.196. The molecule has 80 valence electrons. The molecular weight excluding hydrogens is 216 g/mol. The standard InChI is InChI=1S/C10H11ClN2O2/c1-13-8-6-7(12-5-4-11)2-3-9(8)15-10(13)14/h2-3,6,12H,4-5H2,1H3. The smallest absolute Gasteiger partial charge is 0.408 e. The zero-order valence-electron chi connectivity index (χ0n) is 8.29. The lowest BCUT2D eigenvalue weighted by atomic mass is 10.3. The highest BCUT2D eigenvalue weighted by Gasteiger charge is 2.05. The number of alkyl halides is 1. The minimum absolute atomic E-state index is 0.348. The zero-order chi connectivity index (χ0) is 10.8. The van der Waals surface area contributed by atoms with Crippen molar-refractivity contribution in [2.24, 2.45) is 7.05 Å². The summed E-state index contributed by atoms with van der Waals surface area (Å²) in [6, 6.07) is 5.50. The van der Waals surface area contributed by atoms with E-state index in [1.807, 2.05) is 12.1 Å². The van der Waals surface area contributed by atoms with Crippen molar-refractivity contribution in [1.82, 2.24) is 4.57 Å². The van der Waals surface area contributed by atoms with Gasteiger partial charge in [-0.2, -0.15) is 0 Å². The Labute approximate surface area is 91.4 Å². The van der Waals surface area contributed by atoms with Crippen LogP contribution in [0.5, 0.6) is 0 Å². The predicted molar refractivity (Wildman–Crippen MR) is 60.7 cm³/mol. The number of fused-ring (bicyclic) bond motifs is 1. The summed E-state index contributed by atoms with van der Waals surface area (Å²) in [5.41, 5.74) is 2.30. The molecule has 4 nitrogen and oxygen atoms in total. The number of oxazole rings is 1. The second kappa shape index (κ2) is 3.98. The zero-order valence-corrected chi connectivity index (χ0v) is 9.04. The van der Waals surface area contributed by atoms with Gasteiger partial charge in [0.15, 0.2) is 5.58 Å². The Morgan fingerprint density at radius 3 is 3.07 bits per heavy atom. The van der Waals surface area contributed by atoms with Gasteiger partial charge in [-0.3, -0.25) is 4.57 Å². The average molecular weight is 227 g/mol. The number of halogens is 1. The highest BCUT2D eigenvalue weighted by Crippen LogP contribution is 2.17. The second-order valence-corrected chi connectivity index (χ2v) is 3.60. The van der Waals surface area contributed by atoms with E-state index in [-0.39, 0.29) is 5.76 Å². The fourth-order valence-electron chi connectivity index (χ4n) is 1.43. The topological polar surface area (TPSA) is 47.2 Å². The first-order valence-electron chi connectivity index (χ1n) is 4.62. The molecule has 1 N–H and O–H groups in total. The van der Waals surface area contributed by atoms with Gasteiger partial charge in [0.25, 0.3) is 0 Å². The van der Waals surface area contributed by atoms with Crippen LogP contribution >= 0.6 is 11.6 Å². The highest BCUT2D eigenvalue weighted by molar-refractivity contribution is 6.18. The average Bonchev–Trinajstić information content (AvgIpc) is 2.52. The first-order chi connectivity index (χ1) is 7.22. The summed E-state index contributed by atoms with van der Waals surface area (Å²) in [6.45, 7) is 0.693. The third kappa shape index (κ3) is 1.85. The number of nitrogens with zero attached hydrogens (tertiary/aromatic N) is 1. The summed E-state index contributed by atoms with van der Waals surface area (Å²) in [6.07, 6.45) is 0. The molecule has 1 heterocycles. The molecule has 2 rings (SSSR count). The molecule has 0 radical (unpaired) electrons. The molecule has 15 heavy (non-hydrogen) atoms. The van der Waals surface area contributed by atoms with Crippen molar-refractivity contribution in [1.29, 1.82) is 0 Å². The van der Waals surface area contributed by atoms with Crippen LogP contribution in [0.3, 0.4) is 0 Å². The SMILES string of the molecule is Cn1c(=O)oc2ccc(NCCCl)cc21. The maximum absolute atomic E-state index is 11.2. The first kappa shape index (κ1) is 10.1. The van der Waals surface area contributed by atoms with Gasteiger partial charge in [-0.05, 0) is 18.2 Å². The van der Waals surface area contributed by atoms with Crippen molar-refractivity contribution < 1.29 is 4.42 Å². The quantitative estimate of drug-likeness (QED) is 0.812. The van der Waals surface area contributed by atoms with Crippen LogP contribution in [0.15, 0.2) is 27.4 Å². The minimum atomic E-state index is -0.348. The van der Waals surface area contributed by atoms with Gasteiger partial charge >= 0.3 is 5.76 Å². The Kier molecular flexibility index (Phi) is 2.68. The summed E-state index contributed by atoms with van der Waals surface area (Å²) in [7, 11) is 1.68. The van der Waals surface area contributed by atoms with Crippen LogP contribution in [0.2, 0.25) is 0 Å². The van der Waals surface area contributed by atoms with Crippen LogP contribution in [0.25, 0.3) is 11.1 Å². The molecule has 1 aromatic carbocycles. The number of hydrogen-bond donors (Lipinski definition) is 1. The number of aryl methyl sites for hydroxylation is 1. The normalized spacial score (nSPS) is 10.8. The number of nitrogens with one attached hydrogen (secondary N) is 1. The largest absolute Gasteiger partial charge is 0.419 e. The molecule has 5 heteroatoms. The molecule has 0 fully saturated rings. The molecular formula is C10H11ClN2O2. The number of rotatable bonds is 3. The lowest BCUT2D eigenvalue weighted by molar-refractivity contribution is 0.528. The van der Waals surface area contributed by atoms with E-state index < -0.39 is 0 Å². The molecule has 0 aliphatic carbocycles. The molecule has 0 saturated heterocycles. The van der Waals surface area contributed by atoms with E-state index in [0.29, 0.717) is 18.0 Å². The molecule has 2 aromatic rings. The highest BCUT2D eigenvalue weighted by atomic mass is 35.5. The number of benzene rings is 1. The van der Waals surface area contributed by atoms with Crippen molar-refractivity contribution in [3.05, 3.63) is 28.7 Å². The maximum Gasteiger partial charge on any atom is 0.419 e. The van der Waals surface area contributed by atoms with Gasteiger partial charge in [0.05, 0.1) is 5.52 Å². The van der Waals surface area contributed by atoms with E-state index in [9.17, 15) is 4.79 Å². The number of aromatic nitrogens is 1. The molecule has 0 unspecified atom stereocenters. The maximum atomic E-state index is 11.2. The molecule has 0 amide bonds. The van der Waals surface area contributed by atoms with E-state index in [4.69, 9.17) is 16.0 Å². The number of hydrogen-bond acceptors (Lipinski definition) is 3. The molecule has 0 aliphatic rings. The van der Waals surface area contributed by atoms with Crippen LogP contribution in [0.1, 0.15) is 0 Å². The van der Waals surface area contributed by atoms with Gasteiger partial charge in [-0.25, -0.2) is 4.79 Å². The van der Waals surface area contributed by atoms with Crippen LogP contribution in [-0.4, -0.2) is 17.0 Å². The Hall–Kier alpha value is -1.42.